The van der Waals surface area contributed by atoms with E-state index in [0.717, 1.165) is 16.5 Å². The van der Waals surface area contributed by atoms with Crippen LogP contribution in [0.15, 0.2) is 59.1 Å². The maximum atomic E-state index is 12.0. The largest absolute Gasteiger partial charge is 0.355 e. The van der Waals surface area contributed by atoms with E-state index in [1.165, 1.54) is 5.56 Å². The molecule has 0 radical (unpaired) electrons. The van der Waals surface area contributed by atoms with Crippen molar-refractivity contribution in [3.63, 3.8) is 0 Å². The number of hydrogen-bond acceptors (Lipinski definition) is 1. The Balaban J connectivity index is 1.83. The van der Waals surface area contributed by atoms with Gasteiger partial charge in [0.2, 0.25) is 5.91 Å². The Morgan fingerprint density at radius 3 is 2.27 bits per heavy atom. The van der Waals surface area contributed by atoms with Gasteiger partial charge in [-0.05, 0) is 35.1 Å². The summed E-state index contributed by atoms with van der Waals surface area (Å²) < 4.78 is 1.09. The van der Waals surface area contributed by atoms with E-state index in [4.69, 9.17) is 0 Å². The number of rotatable bonds is 6. The lowest BCUT2D eigenvalue weighted by Gasteiger charge is -2.25. The molecule has 0 aliphatic carbocycles. The molecule has 2 aromatic rings. The average molecular weight is 360 g/mol. The normalized spacial score (nSPS) is 11.2. The van der Waals surface area contributed by atoms with Crippen molar-refractivity contribution in [2.45, 2.75) is 26.7 Å². The minimum absolute atomic E-state index is 0.0280. The number of carbonyl (C=O) groups excluding carboxylic acids is 1. The molecule has 0 spiro atoms. The summed E-state index contributed by atoms with van der Waals surface area (Å²) in [7, 11) is 0. The zero-order chi connectivity index (χ0) is 16.0. The summed E-state index contributed by atoms with van der Waals surface area (Å²) >= 11 is 3.45. The Labute approximate surface area is 141 Å². The highest BCUT2D eigenvalue weighted by Gasteiger charge is 2.19. The van der Waals surface area contributed by atoms with Gasteiger partial charge >= 0.3 is 0 Å². The van der Waals surface area contributed by atoms with Crippen LogP contribution in [0.1, 0.15) is 25.0 Å². The van der Waals surface area contributed by atoms with Crippen LogP contribution in [0.25, 0.3) is 0 Å². The lowest BCUT2D eigenvalue weighted by atomic mass is 9.85. The smallest absolute Gasteiger partial charge is 0.224 e. The van der Waals surface area contributed by atoms with Gasteiger partial charge in [-0.15, -0.1) is 0 Å². The third-order valence-electron chi connectivity index (χ3n) is 3.57. The molecule has 0 heterocycles. The Morgan fingerprint density at radius 2 is 1.64 bits per heavy atom. The van der Waals surface area contributed by atoms with Crippen molar-refractivity contribution in [1.82, 2.24) is 5.32 Å². The van der Waals surface area contributed by atoms with Crippen LogP contribution in [-0.2, 0) is 17.6 Å². The van der Waals surface area contributed by atoms with Crippen molar-refractivity contribution in [1.29, 1.82) is 0 Å². The average Bonchev–Trinajstić information content (AvgIpc) is 2.49. The van der Waals surface area contributed by atoms with Gasteiger partial charge in [0.15, 0.2) is 0 Å². The first-order valence-corrected chi connectivity index (χ1v) is 8.29. The van der Waals surface area contributed by atoms with Crippen LogP contribution in [0.3, 0.4) is 0 Å². The molecule has 2 rings (SSSR count). The first kappa shape index (κ1) is 16.8. The van der Waals surface area contributed by atoms with Crippen LogP contribution in [0, 0.1) is 5.41 Å². The number of nitrogens with one attached hydrogen (secondary N) is 1. The minimum atomic E-state index is 0.0280. The van der Waals surface area contributed by atoms with E-state index in [1.54, 1.807) is 0 Å². The fourth-order valence-electron chi connectivity index (χ4n) is 2.40. The third-order valence-corrected chi connectivity index (χ3v) is 4.10. The molecule has 1 N–H and O–H groups in total. The predicted molar refractivity (Wildman–Crippen MR) is 94.8 cm³/mol. The van der Waals surface area contributed by atoms with Crippen LogP contribution < -0.4 is 5.32 Å². The minimum Gasteiger partial charge on any atom is -0.355 e. The van der Waals surface area contributed by atoms with E-state index in [0.29, 0.717) is 13.0 Å². The first-order chi connectivity index (χ1) is 10.4. The summed E-state index contributed by atoms with van der Waals surface area (Å²) in [5.41, 5.74) is 2.36. The lowest BCUT2D eigenvalue weighted by molar-refractivity contribution is -0.120. The van der Waals surface area contributed by atoms with Crippen LogP contribution in [0.4, 0.5) is 0 Å². The molecule has 116 valence electrons. The highest BCUT2D eigenvalue weighted by Crippen LogP contribution is 2.22. The van der Waals surface area contributed by atoms with E-state index in [2.05, 4.69) is 59.4 Å². The molecular formula is C19H22BrNO. The van der Waals surface area contributed by atoms with Crippen molar-refractivity contribution in [2.24, 2.45) is 5.41 Å². The van der Waals surface area contributed by atoms with E-state index in [1.807, 2.05) is 30.3 Å². The van der Waals surface area contributed by atoms with Crippen molar-refractivity contribution < 1.29 is 4.79 Å². The van der Waals surface area contributed by atoms with Crippen molar-refractivity contribution >= 4 is 21.8 Å². The van der Waals surface area contributed by atoms with Crippen molar-refractivity contribution in [3.05, 3.63) is 70.2 Å². The van der Waals surface area contributed by atoms with Gasteiger partial charge in [-0.1, -0.05) is 72.2 Å². The summed E-state index contributed by atoms with van der Waals surface area (Å²) in [5, 5.41) is 3.05. The maximum absolute atomic E-state index is 12.0. The molecule has 0 saturated heterocycles. The summed E-state index contributed by atoms with van der Waals surface area (Å²) in [6.45, 7) is 5.03. The van der Waals surface area contributed by atoms with E-state index >= 15 is 0 Å². The molecule has 3 heteroatoms. The SMILES string of the molecule is CC(C)(CNC(=O)Cc1ccccc1)Cc1ccc(Br)cc1. The molecule has 0 atom stereocenters. The number of hydrogen-bond donors (Lipinski definition) is 1. The standard InChI is InChI=1S/C19H22BrNO/c1-19(2,13-16-8-10-17(20)11-9-16)14-21-18(22)12-15-6-4-3-5-7-15/h3-11H,12-14H2,1-2H3,(H,21,22). The molecule has 0 aliphatic rings. The van der Waals surface area contributed by atoms with Gasteiger partial charge in [-0.25, -0.2) is 0 Å². The lowest BCUT2D eigenvalue weighted by Crippen LogP contribution is -2.36. The van der Waals surface area contributed by atoms with E-state index < -0.39 is 0 Å². The fraction of sp³-hybridized carbons (Fsp3) is 0.316. The Kier molecular flexibility index (Phi) is 5.78. The number of benzene rings is 2. The molecule has 2 aromatic carbocycles. The van der Waals surface area contributed by atoms with Gasteiger partial charge in [0.1, 0.15) is 0 Å². The van der Waals surface area contributed by atoms with Crippen LogP contribution in [0.5, 0.6) is 0 Å². The third kappa shape index (κ3) is 5.64. The van der Waals surface area contributed by atoms with Gasteiger partial charge < -0.3 is 5.32 Å². The highest BCUT2D eigenvalue weighted by molar-refractivity contribution is 9.10. The molecule has 2 nitrogen and oxygen atoms in total. The summed E-state index contributed by atoms with van der Waals surface area (Å²) in [6.07, 6.45) is 1.38. The monoisotopic (exact) mass is 359 g/mol. The van der Waals surface area contributed by atoms with E-state index in [9.17, 15) is 4.79 Å². The fourth-order valence-corrected chi connectivity index (χ4v) is 2.66. The summed E-state index contributed by atoms with van der Waals surface area (Å²) in [5.74, 6) is 0.0788. The Bertz CT molecular complexity index is 605. The van der Waals surface area contributed by atoms with Gasteiger partial charge in [0, 0.05) is 11.0 Å². The van der Waals surface area contributed by atoms with Gasteiger partial charge in [0.05, 0.1) is 6.42 Å². The molecule has 0 bridgehead atoms. The molecule has 22 heavy (non-hydrogen) atoms. The highest BCUT2D eigenvalue weighted by atomic mass is 79.9. The quantitative estimate of drug-likeness (QED) is 0.814. The molecule has 0 fully saturated rings. The van der Waals surface area contributed by atoms with Gasteiger partial charge in [-0.2, -0.15) is 0 Å². The molecule has 0 saturated carbocycles. The molecule has 1 amide bonds. The first-order valence-electron chi connectivity index (χ1n) is 7.50. The Hall–Kier alpha value is -1.61. The zero-order valence-electron chi connectivity index (χ0n) is 13.1. The second-order valence-corrected chi connectivity index (χ2v) is 7.32. The van der Waals surface area contributed by atoms with Crippen molar-refractivity contribution in [3.8, 4) is 0 Å². The number of carbonyl (C=O) groups is 1. The van der Waals surface area contributed by atoms with Crippen LogP contribution in [0.2, 0.25) is 0 Å². The van der Waals surface area contributed by atoms with Crippen LogP contribution >= 0.6 is 15.9 Å². The second kappa shape index (κ2) is 7.59. The van der Waals surface area contributed by atoms with Gasteiger partial charge in [0.25, 0.3) is 0 Å². The number of amides is 1. The molecular weight excluding hydrogens is 338 g/mol. The van der Waals surface area contributed by atoms with Crippen molar-refractivity contribution in [2.75, 3.05) is 6.54 Å². The maximum Gasteiger partial charge on any atom is 0.224 e. The second-order valence-electron chi connectivity index (χ2n) is 6.41. The predicted octanol–water partition coefficient (Wildman–Crippen LogP) is 4.38. The summed E-state index contributed by atoms with van der Waals surface area (Å²) in [4.78, 5) is 12.0. The van der Waals surface area contributed by atoms with Crippen LogP contribution in [-0.4, -0.2) is 12.5 Å². The Morgan fingerprint density at radius 1 is 1.00 bits per heavy atom. The molecule has 0 aromatic heterocycles. The zero-order valence-corrected chi connectivity index (χ0v) is 14.7. The molecule has 0 unspecified atom stereocenters. The van der Waals surface area contributed by atoms with E-state index in [-0.39, 0.29) is 11.3 Å². The van der Waals surface area contributed by atoms with Gasteiger partial charge in [-0.3, -0.25) is 4.79 Å². The summed E-state index contributed by atoms with van der Waals surface area (Å²) in [6, 6.07) is 18.2. The molecule has 0 aliphatic heterocycles. The topological polar surface area (TPSA) is 29.1 Å². The number of halogens is 1.